The number of carbonyl (C=O) groups is 1. The van der Waals surface area contributed by atoms with Crippen LogP contribution in [0.3, 0.4) is 0 Å². The van der Waals surface area contributed by atoms with Gasteiger partial charge in [-0.2, -0.15) is 0 Å². The summed E-state index contributed by atoms with van der Waals surface area (Å²) in [5, 5.41) is 3.83. The number of hydrogen-bond donors (Lipinski definition) is 1. The Morgan fingerprint density at radius 1 is 1.47 bits per heavy atom. The Morgan fingerprint density at radius 2 is 2.20 bits per heavy atom. The maximum Gasteiger partial charge on any atom is 0.169 e. The van der Waals surface area contributed by atoms with Gasteiger partial charge in [0.05, 0.1) is 5.02 Å². The lowest BCUT2D eigenvalue weighted by molar-refractivity contribution is 0.0914. The van der Waals surface area contributed by atoms with Crippen LogP contribution in [0.15, 0.2) is 24.3 Å². The van der Waals surface area contributed by atoms with Crippen LogP contribution in [0, 0.1) is 5.92 Å². The highest BCUT2D eigenvalue weighted by Gasteiger charge is 2.30. The first-order valence-electron chi connectivity index (χ1n) is 5.22. The minimum Gasteiger partial charge on any atom is -0.313 e. The third-order valence-corrected chi connectivity index (χ3v) is 3.33. The molecule has 0 amide bonds. The van der Waals surface area contributed by atoms with Gasteiger partial charge in [0.25, 0.3) is 0 Å². The Morgan fingerprint density at radius 3 is 2.80 bits per heavy atom. The second-order valence-electron chi connectivity index (χ2n) is 3.98. The standard InChI is InChI=1S/C12H14ClNO/c1-8-9(6-7-14-8)12(15)10-4-2-3-5-11(10)13/h2-5,8-9,14H,6-7H2,1H3. The van der Waals surface area contributed by atoms with Gasteiger partial charge in [-0.05, 0) is 32.0 Å². The average molecular weight is 224 g/mol. The fraction of sp³-hybridized carbons (Fsp3) is 0.417. The van der Waals surface area contributed by atoms with Crippen LogP contribution in [-0.4, -0.2) is 18.4 Å². The van der Waals surface area contributed by atoms with Crippen molar-refractivity contribution in [1.82, 2.24) is 5.32 Å². The number of Topliss-reactive ketones (excluding diaryl/α,β-unsaturated/α-hetero) is 1. The number of benzene rings is 1. The van der Waals surface area contributed by atoms with E-state index in [-0.39, 0.29) is 17.7 Å². The molecule has 1 aromatic rings. The van der Waals surface area contributed by atoms with Crippen molar-refractivity contribution in [2.45, 2.75) is 19.4 Å². The van der Waals surface area contributed by atoms with E-state index in [4.69, 9.17) is 11.6 Å². The number of ketones is 1. The molecule has 1 aliphatic heterocycles. The summed E-state index contributed by atoms with van der Waals surface area (Å²) >= 11 is 6.00. The molecule has 0 saturated carbocycles. The molecular weight excluding hydrogens is 210 g/mol. The van der Waals surface area contributed by atoms with E-state index < -0.39 is 0 Å². The lowest BCUT2D eigenvalue weighted by Gasteiger charge is -2.14. The molecule has 0 bridgehead atoms. The Hall–Kier alpha value is -0.860. The molecule has 2 nitrogen and oxygen atoms in total. The second kappa shape index (κ2) is 4.33. The lowest BCUT2D eigenvalue weighted by atomic mass is 9.92. The maximum atomic E-state index is 12.2. The van der Waals surface area contributed by atoms with Gasteiger partial charge < -0.3 is 5.32 Å². The zero-order chi connectivity index (χ0) is 10.8. The Balaban J connectivity index is 2.24. The summed E-state index contributed by atoms with van der Waals surface area (Å²) in [6, 6.07) is 7.52. The van der Waals surface area contributed by atoms with Crippen molar-refractivity contribution in [3.63, 3.8) is 0 Å². The van der Waals surface area contributed by atoms with Crippen LogP contribution in [0.2, 0.25) is 5.02 Å². The van der Waals surface area contributed by atoms with Crippen molar-refractivity contribution >= 4 is 17.4 Å². The Labute approximate surface area is 94.6 Å². The van der Waals surface area contributed by atoms with Crippen molar-refractivity contribution in [2.24, 2.45) is 5.92 Å². The van der Waals surface area contributed by atoms with Gasteiger partial charge in [0.1, 0.15) is 0 Å². The molecular formula is C12H14ClNO. The molecule has 2 rings (SSSR count). The van der Waals surface area contributed by atoms with Gasteiger partial charge in [0.2, 0.25) is 0 Å². The highest BCUT2D eigenvalue weighted by Crippen LogP contribution is 2.24. The molecule has 1 saturated heterocycles. The summed E-state index contributed by atoms with van der Waals surface area (Å²) in [5.41, 5.74) is 0.653. The SMILES string of the molecule is CC1NCCC1C(=O)c1ccccc1Cl. The second-order valence-corrected chi connectivity index (χ2v) is 4.39. The average Bonchev–Trinajstić information content (AvgIpc) is 2.64. The quantitative estimate of drug-likeness (QED) is 0.781. The lowest BCUT2D eigenvalue weighted by Crippen LogP contribution is -2.28. The Kier molecular flexibility index (Phi) is 3.08. The number of rotatable bonds is 2. The van der Waals surface area contributed by atoms with Crippen LogP contribution < -0.4 is 5.32 Å². The van der Waals surface area contributed by atoms with Crippen molar-refractivity contribution in [3.8, 4) is 0 Å². The minimum atomic E-state index is 0.0740. The third-order valence-electron chi connectivity index (χ3n) is 3.00. The van der Waals surface area contributed by atoms with Gasteiger partial charge in [-0.25, -0.2) is 0 Å². The molecule has 0 aliphatic carbocycles. The van der Waals surface area contributed by atoms with Gasteiger partial charge in [0, 0.05) is 17.5 Å². The van der Waals surface area contributed by atoms with E-state index in [1.807, 2.05) is 19.1 Å². The summed E-state index contributed by atoms with van der Waals surface area (Å²) < 4.78 is 0. The van der Waals surface area contributed by atoms with Crippen LogP contribution in [0.5, 0.6) is 0 Å². The molecule has 1 heterocycles. The summed E-state index contributed by atoms with van der Waals surface area (Å²) in [4.78, 5) is 12.2. The number of nitrogens with one attached hydrogen (secondary N) is 1. The highest BCUT2D eigenvalue weighted by atomic mass is 35.5. The van der Waals surface area contributed by atoms with Crippen LogP contribution >= 0.6 is 11.6 Å². The van der Waals surface area contributed by atoms with E-state index in [1.165, 1.54) is 0 Å². The molecule has 3 heteroatoms. The first-order valence-corrected chi connectivity index (χ1v) is 5.60. The topological polar surface area (TPSA) is 29.1 Å². The summed E-state index contributed by atoms with van der Waals surface area (Å²) in [5.74, 6) is 0.239. The van der Waals surface area contributed by atoms with Crippen molar-refractivity contribution in [2.75, 3.05) is 6.54 Å². The normalized spacial score (nSPS) is 25.5. The first kappa shape index (κ1) is 10.7. The minimum absolute atomic E-state index is 0.0740. The number of hydrogen-bond acceptors (Lipinski definition) is 2. The molecule has 0 spiro atoms. The van der Waals surface area contributed by atoms with Gasteiger partial charge in [-0.1, -0.05) is 23.7 Å². The van der Waals surface area contributed by atoms with Crippen LogP contribution in [0.1, 0.15) is 23.7 Å². The smallest absolute Gasteiger partial charge is 0.169 e. The molecule has 0 aromatic heterocycles. The molecule has 1 N–H and O–H groups in total. The van der Waals surface area contributed by atoms with Crippen molar-refractivity contribution in [3.05, 3.63) is 34.9 Å². The molecule has 80 valence electrons. The monoisotopic (exact) mass is 223 g/mol. The predicted octanol–water partition coefficient (Wildman–Crippen LogP) is 2.52. The zero-order valence-electron chi connectivity index (χ0n) is 8.66. The maximum absolute atomic E-state index is 12.2. The summed E-state index contributed by atoms with van der Waals surface area (Å²) in [7, 11) is 0. The Bertz CT molecular complexity index is 378. The van der Waals surface area contributed by atoms with Gasteiger partial charge in [-0.3, -0.25) is 4.79 Å². The summed E-state index contributed by atoms with van der Waals surface area (Å²) in [6.45, 7) is 2.97. The highest BCUT2D eigenvalue weighted by molar-refractivity contribution is 6.34. The van der Waals surface area contributed by atoms with E-state index in [2.05, 4.69) is 5.32 Å². The molecule has 2 unspecified atom stereocenters. The molecule has 1 aromatic carbocycles. The van der Waals surface area contributed by atoms with Crippen molar-refractivity contribution in [1.29, 1.82) is 0 Å². The predicted molar refractivity (Wildman–Crippen MR) is 61.4 cm³/mol. The van der Waals surface area contributed by atoms with E-state index in [0.717, 1.165) is 13.0 Å². The van der Waals surface area contributed by atoms with E-state index in [9.17, 15) is 4.79 Å². The molecule has 0 radical (unpaired) electrons. The van der Waals surface area contributed by atoms with Crippen LogP contribution in [0.25, 0.3) is 0 Å². The van der Waals surface area contributed by atoms with E-state index in [1.54, 1.807) is 12.1 Å². The van der Waals surface area contributed by atoms with Crippen LogP contribution in [-0.2, 0) is 0 Å². The van der Waals surface area contributed by atoms with E-state index >= 15 is 0 Å². The zero-order valence-corrected chi connectivity index (χ0v) is 9.42. The fourth-order valence-corrected chi connectivity index (χ4v) is 2.31. The van der Waals surface area contributed by atoms with Gasteiger partial charge in [-0.15, -0.1) is 0 Å². The van der Waals surface area contributed by atoms with Crippen LogP contribution in [0.4, 0.5) is 0 Å². The van der Waals surface area contributed by atoms with E-state index in [0.29, 0.717) is 10.6 Å². The first-order chi connectivity index (χ1) is 7.20. The van der Waals surface area contributed by atoms with Crippen molar-refractivity contribution < 1.29 is 4.79 Å². The van der Waals surface area contributed by atoms with Gasteiger partial charge in [0.15, 0.2) is 5.78 Å². The number of halogens is 1. The molecule has 1 fully saturated rings. The fourth-order valence-electron chi connectivity index (χ4n) is 2.08. The third kappa shape index (κ3) is 2.06. The largest absolute Gasteiger partial charge is 0.313 e. The molecule has 1 aliphatic rings. The summed E-state index contributed by atoms with van der Waals surface area (Å²) in [6.07, 6.45) is 0.908. The number of carbonyl (C=O) groups excluding carboxylic acids is 1. The molecule has 15 heavy (non-hydrogen) atoms. The molecule has 2 atom stereocenters. The van der Waals surface area contributed by atoms with Gasteiger partial charge >= 0.3 is 0 Å².